The van der Waals surface area contributed by atoms with Gasteiger partial charge >= 0.3 is 5.97 Å². The third kappa shape index (κ3) is 3.50. The van der Waals surface area contributed by atoms with Crippen LogP contribution in [0.2, 0.25) is 0 Å². The molecule has 0 fully saturated rings. The quantitative estimate of drug-likeness (QED) is 0.830. The summed E-state index contributed by atoms with van der Waals surface area (Å²) in [6, 6.07) is 7.01. The molecule has 116 valence electrons. The maximum absolute atomic E-state index is 12.1. The molecule has 1 aromatic heterocycles. The predicted octanol–water partition coefficient (Wildman–Crippen LogP) is 1.01. The number of aryl methyl sites for hydroxylation is 1. The summed E-state index contributed by atoms with van der Waals surface area (Å²) in [6.45, 7) is 1.79. The third-order valence-corrected chi connectivity index (χ3v) is 3.22. The van der Waals surface area contributed by atoms with Gasteiger partial charge in [-0.2, -0.15) is 5.10 Å². The van der Waals surface area contributed by atoms with Gasteiger partial charge in [0.25, 0.3) is 5.91 Å². The first kappa shape index (κ1) is 15.7. The van der Waals surface area contributed by atoms with E-state index in [9.17, 15) is 9.59 Å². The lowest BCUT2D eigenvalue weighted by atomic mass is 10.1. The molecule has 22 heavy (non-hydrogen) atoms. The van der Waals surface area contributed by atoms with Crippen molar-refractivity contribution < 1.29 is 19.4 Å². The Bertz CT molecular complexity index is 667. The highest BCUT2D eigenvalue weighted by atomic mass is 16.5. The second kappa shape index (κ2) is 6.86. The van der Waals surface area contributed by atoms with Crippen LogP contribution >= 0.6 is 0 Å². The van der Waals surface area contributed by atoms with E-state index in [2.05, 4.69) is 10.4 Å². The van der Waals surface area contributed by atoms with Crippen molar-refractivity contribution in [1.29, 1.82) is 0 Å². The summed E-state index contributed by atoms with van der Waals surface area (Å²) in [5.74, 6) is -1.47. The number of nitrogens with one attached hydrogen (secondary N) is 1. The smallest absolute Gasteiger partial charge is 0.334 e. The van der Waals surface area contributed by atoms with Crippen LogP contribution in [0.5, 0.6) is 0 Å². The number of methoxy groups -OCH3 is 1. The first-order chi connectivity index (χ1) is 10.5. The largest absolute Gasteiger partial charge is 0.479 e. The first-order valence-corrected chi connectivity index (χ1v) is 6.67. The molecule has 1 heterocycles. The highest BCUT2D eigenvalue weighted by molar-refractivity contribution is 5.95. The molecule has 1 unspecified atom stereocenters. The Balaban J connectivity index is 2.08. The zero-order chi connectivity index (χ0) is 16.1. The van der Waals surface area contributed by atoms with Gasteiger partial charge < -0.3 is 15.2 Å². The number of carbonyl (C=O) groups is 2. The standard InChI is InChI=1S/C15H17N3O4/c1-10-8-11(4-5-12(10)18-7-3-6-17-18)14(19)16-9-13(22-2)15(20)21/h3-8,13H,9H2,1-2H3,(H,16,19)(H,20,21). The maximum atomic E-state index is 12.1. The van der Waals surface area contributed by atoms with Gasteiger partial charge in [0.2, 0.25) is 0 Å². The number of hydrogen-bond acceptors (Lipinski definition) is 4. The van der Waals surface area contributed by atoms with Crippen LogP contribution in [-0.4, -0.2) is 46.5 Å². The van der Waals surface area contributed by atoms with E-state index in [-0.39, 0.29) is 12.5 Å². The van der Waals surface area contributed by atoms with Gasteiger partial charge in [-0.3, -0.25) is 4.79 Å². The third-order valence-electron chi connectivity index (χ3n) is 3.22. The van der Waals surface area contributed by atoms with Gasteiger partial charge in [-0.25, -0.2) is 9.48 Å². The van der Waals surface area contributed by atoms with Crippen molar-refractivity contribution in [3.05, 3.63) is 47.8 Å². The van der Waals surface area contributed by atoms with Gasteiger partial charge in [0, 0.05) is 25.1 Å². The second-order valence-electron chi connectivity index (χ2n) is 4.72. The highest BCUT2D eigenvalue weighted by Crippen LogP contribution is 2.15. The molecule has 7 nitrogen and oxygen atoms in total. The Kier molecular flexibility index (Phi) is 4.90. The fourth-order valence-electron chi connectivity index (χ4n) is 2.02. The molecule has 2 rings (SSSR count). The van der Waals surface area contributed by atoms with Crippen LogP contribution in [0.3, 0.4) is 0 Å². The van der Waals surface area contributed by atoms with E-state index < -0.39 is 12.1 Å². The molecular weight excluding hydrogens is 286 g/mol. The summed E-state index contributed by atoms with van der Waals surface area (Å²) in [4.78, 5) is 22.9. The van der Waals surface area contributed by atoms with Crippen molar-refractivity contribution in [2.24, 2.45) is 0 Å². The first-order valence-electron chi connectivity index (χ1n) is 6.67. The molecule has 1 amide bonds. The molecule has 1 aromatic carbocycles. The molecule has 0 spiro atoms. The Morgan fingerprint density at radius 1 is 1.45 bits per heavy atom. The van der Waals surface area contributed by atoms with Crippen molar-refractivity contribution in [2.75, 3.05) is 13.7 Å². The monoisotopic (exact) mass is 303 g/mol. The van der Waals surface area contributed by atoms with Gasteiger partial charge in [0.15, 0.2) is 6.10 Å². The number of benzene rings is 1. The molecule has 0 bridgehead atoms. The fourth-order valence-corrected chi connectivity index (χ4v) is 2.02. The Labute approximate surface area is 127 Å². The molecule has 7 heteroatoms. The number of aliphatic carboxylic acids is 1. The molecule has 1 atom stereocenters. The molecular formula is C15H17N3O4. The summed E-state index contributed by atoms with van der Waals surface area (Å²) in [5.41, 5.74) is 2.22. The van der Waals surface area contributed by atoms with Gasteiger partial charge in [-0.05, 0) is 36.8 Å². The number of carboxylic acid groups (broad SMARTS) is 1. The average Bonchev–Trinajstić information content (AvgIpc) is 3.01. The van der Waals surface area contributed by atoms with E-state index in [0.717, 1.165) is 11.3 Å². The molecule has 0 saturated carbocycles. The topological polar surface area (TPSA) is 93.5 Å². The summed E-state index contributed by atoms with van der Waals surface area (Å²) in [5, 5.41) is 15.5. The van der Waals surface area contributed by atoms with Crippen molar-refractivity contribution in [2.45, 2.75) is 13.0 Å². The number of hydrogen-bond donors (Lipinski definition) is 2. The SMILES string of the molecule is COC(CNC(=O)c1ccc(-n2cccn2)c(C)c1)C(=O)O. The lowest BCUT2D eigenvalue weighted by Crippen LogP contribution is -2.37. The van der Waals surface area contributed by atoms with Crippen LogP contribution in [0.4, 0.5) is 0 Å². The molecule has 0 saturated heterocycles. The van der Waals surface area contributed by atoms with Crippen LogP contribution in [-0.2, 0) is 9.53 Å². The number of carboxylic acids is 1. The van der Waals surface area contributed by atoms with Gasteiger partial charge in [-0.1, -0.05) is 0 Å². The van der Waals surface area contributed by atoms with E-state index in [1.54, 1.807) is 29.1 Å². The summed E-state index contributed by atoms with van der Waals surface area (Å²) >= 11 is 0. The van der Waals surface area contributed by atoms with E-state index in [0.29, 0.717) is 5.56 Å². The van der Waals surface area contributed by atoms with Crippen LogP contribution in [0.15, 0.2) is 36.7 Å². The van der Waals surface area contributed by atoms with Crippen LogP contribution < -0.4 is 5.32 Å². The van der Waals surface area contributed by atoms with Gasteiger partial charge in [-0.15, -0.1) is 0 Å². The number of nitrogens with zero attached hydrogens (tertiary/aromatic N) is 2. The molecule has 0 aliphatic carbocycles. The van der Waals surface area contributed by atoms with E-state index in [1.165, 1.54) is 7.11 Å². The number of carbonyl (C=O) groups excluding carboxylic acids is 1. The van der Waals surface area contributed by atoms with Crippen LogP contribution in [0.1, 0.15) is 15.9 Å². The fraction of sp³-hybridized carbons (Fsp3) is 0.267. The van der Waals surface area contributed by atoms with Crippen molar-refractivity contribution in [3.8, 4) is 5.69 Å². The summed E-state index contributed by atoms with van der Waals surface area (Å²) < 4.78 is 6.47. The molecule has 0 radical (unpaired) electrons. The lowest BCUT2D eigenvalue weighted by Gasteiger charge is -2.12. The Hall–Kier alpha value is -2.67. The minimum absolute atomic E-state index is 0.0926. The van der Waals surface area contributed by atoms with Crippen LogP contribution in [0, 0.1) is 6.92 Å². The number of aromatic nitrogens is 2. The predicted molar refractivity (Wildman–Crippen MR) is 79.1 cm³/mol. The number of amides is 1. The molecule has 0 aliphatic heterocycles. The van der Waals surface area contributed by atoms with Crippen molar-refractivity contribution in [3.63, 3.8) is 0 Å². The van der Waals surface area contributed by atoms with Crippen molar-refractivity contribution >= 4 is 11.9 Å². The maximum Gasteiger partial charge on any atom is 0.334 e. The van der Waals surface area contributed by atoms with E-state index >= 15 is 0 Å². The number of ether oxygens (including phenoxy) is 1. The molecule has 2 N–H and O–H groups in total. The van der Waals surface area contributed by atoms with E-state index in [4.69, 9.17) is 9.84 Å². The van der Waals surface area contributed by atoms with Crippen LogP contribution in [0.25, 0.3) is 5.69 Å². The summed E-state index contributed by atoms with van der Waals surface area (Å²) in [6.07, 6.45) is 2.43. The highest BCUT2D eigenvalue weighted by Gasteiger charge is 2.18. The van der Waals surface area contributed by atoms with Gasteiger partial charge in [0.05, 0.1) is 12.2 Å². The second-order valence-corrected chi connectivity index (χ2v) is 4.72. The molecule has 0 aliphatic rings. The zero-order valence-electron chi connectivity index (χ0n) is 12.3. The lowest BCUT2D eigenvalue weighted by molar-refractivity contribution is -0.148. The normalized spacial score (nSPS) is 11.9. The number of rotatable bonds is 6. The average molecular weight is 303 g/mol. The summed E-state index contributed by atoms with van der Waals surface area (Å²) in [7, 11) is 1.29. The Morgan fingerprint density at radius 3 is 2.77 bits per heavy atom. The minimum Gasteiger partial charge on any atom is -0.479 e. The van der Waals surface area contributed by atoms with Crippen molar-refractivity contribution in [1.82, 2.24) is 15.1 Å². The zero-order valence-corrected chi connectivity index (χ0v) is 12.3. The van der Waals surface area contributed by atoms with E-state index in [1.807, 2.05) is 19.2 Å². The minimum atomic E-state index is -1.12. The molecule has 2 aromatic rings. The van der Waals surface area contributed by atoms with Gasteiger partial charge in [0.1, 0.15) is 0 Å². The Morgan fingerprint density at radius 2 is 2.23 bits per heavy atom.